The van der Waals surface area contributed by atoms with Crippen LogP contribution < -0.4 is 16.0 Å². The highest BCUT2D eigenvalue weighted by Crippen LogP contribution is 2.13. The summed E-state index contributed by atoms with van der Waals surface area (Å²) in [5, 5.41) is 8.05. The molecule has 0 atom stereocenters. The molecule has 2 aromatic carbocycles. The average Bonchev–Trinajstić information content (AvgIpc) is 2.61. The van der Waals surface area contributed by atoms with Crippen LogP contribution in [0.3, 0.4) is 0 Å². The molecule has 3 N–H and O–H groups in total. The molecule has 0 saturated heterocycles. The van der Waals surface area contributed by atoms with Crippen LogP contribution in [0.2, 0.25) is 0 Å². The van der Waals surface area contributed by atoms with Crippen LogP contribution in [0.5, 0.6) is 0 Å². The average molecular weight is 321 g/mol. The minimum atomic E-state index is -0.308. The van der Waals surface area contributed by atoms with Crippen LogP contribution in [-0.4, -0.2) is 18.5 Å². The first-order valence-corrected chi connectivity index (χ1v) is 7.47. The van der Waals surface area contributed by atoms with Crippen molar-refractivity contribution in [2.24, 2.45) is 0 Å². The van der Waals surface area contributed by atoms with Gasteiger partial charge in [-0.3, -0.25) is 4.79 Å². The number of nitrogens with one attached hydrogen (secondary N) is 3. The fourth-order valence-corrected chi connectivity index (χ4v) is 1.90. The Morgan fingerprint density at radius 3 is 2.17 bits per heavy atom. The van der Waals surface area contributed by atoms with Crippen molar-refractivity contribution in [3.63, 3.8) is 0 Å². The van der Waals surface area contributed by atoms with Gasteiger partial charge in [-0.2, -0.15) is 0 Å². The highest BCUT2D eigenvalue weighted by molar-refractivity contribution is 6.02. The molecule has 0 aromatic heterocycles. The van der Waals surface area contributed by atoms with Crippen LogP contribution in [0.1, 0.15) is 5.56 Å². The number of hydrogen-bond acceptors (Lipinski definition) is 2. The molecule has 0 saturated carbocycles. The van der Waals surface area contributed by atoms with Gasteiger partial charge in [0, 0.05) is 24.0 Å². The Balaban J connectivity index is 1.87. The van der Waals surface area contributed by atoms with E-state index in [1.807, 2.05) is 30.3 Å². The molecule has 0 radical (unpaired) electrons. The smallest absolute Gasteiger partial charge is 0.319 e. The topological polar surface area (TPSA) is 70.2 Å². The number of urea groups is 1. The molecule has 3 amide bonds. The molecule has 5 nitrogen and oxygen atoms in total. The maximum atomic E-state index is 11.9. The zero-order valence-corrected chi connectivity index (χ0v) is 13.2. The summed E-state index contributed by atoms with van der Waals surface area (Å²) in [6.45, 7) is 3.92. The normalized spacial score (nSPS) is 10.2. The molecule has 0 fully saturated rings. The highest BCUT2D eigenvalue weighted by atomic mass is 16.2. The second-order valence-electron chi connectivity index (χ2n) is 4.93. The van der Waals surface area contributed by atoms with Gasteiger partial charge in [-0.25, -0.2) is 4.79 Å². The molecule has 0 aliphatic carbocycles. The molecular formula is C19H19N3O2. The number of rotatable bonds is 6. The molecule has 0 spiro atoms. The van der Waals surface area contributed by atoms with Crippen LogP contribution in [0.25, 0.3) is 6.08 Å². The first-order valence-electron chi connectivity index (χ1n) is 7.47. The predicted octanol–water partition coefficient (Wildman–Crippen LogP) is 3.65. The van der Waals surface area contributed by atoms with E-state index >= 15 is 0 Å². The number of hydrogen-bond donors (Lipinski definition) is 3. The Morgan fingerprint density at radius 2 is 1.54 bits per heavy atom. The Bertz CT molecular complexity index is 722. The molecule has 2 aromatic rings. The quantitative estimate of drug-likeness (QED) is 0.561. The number of amides is 3. The molecule has 0 aliphatic rings. The molecule has 5 heteroatoms. The molecule has 122 valence electrons. The Morgan fingerprint density at radius 1 is 0.917 bits per heavy atom. The third kappa shape index (κ3) is 5.81. The van der Waals surface area contributed by atoms with Crippen molar-refractivity contribution >= 4 is 29.4 Å². The van der Waals surface area contributed by atoms with Gasteiger partial charge in [0.2, 0.25) is 5.91 Å². The lowest BCUT2D eigenvalue weighted by Gasteiger charge is -2.07. The Kier molecular flexibility index (Phi) is 6.35. The zero-order valence-electron chi connectivity index (χ0n) is 13.2. The summed E-state index contributed by atoms with van der Waals surface area (Å²) >= 11 is 0. The maximum Gasteiger partial charge on any atom is 0.319 e. The third-order valence-electron chi connectivity index (χ3n) is 3.04. The third-order valence-corrected chi connectivity index (χ3v) is 3.04. The molecule has 0 unspecified atom stereocenters. The summed E-state index contributed by atoms with van der Waals surface area (Å²) in [6, 6.07) is 16.1. The van der Waals surface area contributed by atoms with Gasteiger partial charge in [0.1, 0.15) is 0 Å². The van der Waals surface area contributed by atoms with E-state index in [0.717, 1.165) is 5.56 Å². The molecule has 0 aliphatic heterocycles. The SMILES string of the molecule is C=CCNC(=O)Nc1ccc(NC(=O)/C=C/c2ccccc2)cc1. The van der Waals surface area contributed by atoms with Crippen molar-refractivity contribution < 1.29 is 9.59 Å². The van der Waals surface area contributed by atoms with E-state index in [4.69, 9.17) is 0 Å². The lowest BCUT2D eigenvalue weighted by Crippen LogP contribution is -2.28. The van der Waals surface area contributed by atoms with Gasteiger partial charge in [-0.15, -0.1) is 6.58 Å². The summed E-state index contributed by atoms with van der Waals surface area (Å²) in [5.74, 6) is -0.219. The first kappa shape index (κ1) is 17.0. The summed E-state index contributed by atoms with van der Waals surface area (Å²) < 4.78 is 0. The van der Waals surface area contributed by atoms with E-state index in [0.29, 0.717) is 17.9 Å². The van der Waals surface area contributed by atoms with Crippen LogP contribution >= 0.6 is 0 Å². The second kappa shape index (κ2) is 8.95. The highest BCUT2D eigenvalue weighted by Gasteiger charge is 2.01. The minimum Gasteiger partial charge on any atom is -0.334 e. The lowest BCUT2D eigenvalue weighted by molar-refractivity contribution is -0.111. The fourth-order valence-electron chi connectivity index (χ4n) is 1.90. The van der Waals surface area contributed by atoms with E-state index in [-0.39, 0.29) is 11.9 Å². The summed E-state index contributed by atoms with van der Waals surface area (Å²) in [6.07, 6.45) is 4.82. The van der Waals surface area contributed by atoms with Crippen molar-refractivity contribution in [2.75, 3.05) is 17.2 Å². The van der Waals surface area contributed by atoms with Gasteiger partial charge in [0.25, 0.3) is 0 Å². The summed E-state index contributed by atoms with van der Waals surface area (Å²) in [5.41, 5.74) is 2.24. The van der Waals surface area contributed by atoms with Crippen LogP contribution in [0, 0.1) is 0 Å². The van der Waals surface area contributed by atoms with Gasteiger partial charge in [0.15, 0.2) is 0 Å². The maximum absolute atomic E-state index is 11.9. The van der Waals surface area contributed by atoms with Gasteiger partial charge in [-0.05, 0) is 35.9 Å². The van der Waals surface area contributed by atoms with Gasteiger partial charge >= 0.3 is 6.03 Å². The van der Waals surface area contributed by atoms with Crippen LogP contribution in [0.4, 0.5) is 16.2 Å². The van der Waals surface area contributed by atoms with E-state index < -0.39 is 0 Å². The lowest BCUT2D eigenvalue weighted by atomic mass is 10.2. The van der Waals surface area contributed by atoms with E-state index in [2.05, 4.69) is 22.5 Å². The molecule has 2 rings (SSSR count). The van der Waals surface area contributed by atoms with E-state index in [1.165, 1.54) is 6.08 Å². The monoisotopic (exact) mass is 321 g/mol. The van der Waals surface area contributed by atoms with Crippen molar-refractivity contribution in [3.05, 3.63) is 78.9 Å². The number of carbonyl (C=O) groups is 2. The first-order chi connectivity index (χ1) is 11.7. The van der Waals surface area contributed by atoms with Crippen molar-refractivity contribution in [1.82, 2.24) is 5.32 Å². The van der Waals surface area contributed by atoms with Gasteiger partial charge < -0.3 is 16.0 Å². The van der Waals surface area contributed by atoms with Gasteiger partial charge in [-0.1, -0.05) is 36.4 Å². The molecular weight excluding hydrogens is 302 g/mol. The van der Waals surface area contributed by atoms with E-state index in [9.17, 15) is 9.59 Å². The molecule has 0 heterocycles. The molecule has 0 bridgehead atoms. The standard InChI is InChI=1S/C19H19N3O2/c1-2-14-20-19(24)22-17-11-9-16(10-12-17)21-18(23)13-8-15-6-4-3-5-7-15/h2-13H,1,14H2,(H,21,23)(H2,20,22,24)/b13-8+. The van der Waals surface area contributed by atoms with Crippen molar-refractivity contribution in [1.29, 1.82) is 0 Å². The number of benzene rings is 2. The largest absolute Gasteiger partial charge is 0.334 e. The fraction of sp³-hybridized carbons (Fsp3) is 0.0526. The van der Waals surface area contributed by atoms with Crippen LogP contribution in [-0.2, 0) is 4.79 Å². The van der Waals surface area contributed by atoms with Crippen molar-refractivity contribution in [2.45, 2.75) is 0 Å². The number of anilines is 2. The van der Waals surface area contributed by atoms with Crippen LogP contribution in [0.15, 0.2) is 73.3 Å². The second-order valence-corrected chi connectivity index (χ2v) is 4.93. The van der Waals surface area contributed by atoms with Crippen molar-refractivity contribution in [3.8, 4) is 0 Å². The Labute approximate surface area is 141 Å². The Hall–Kier alpha value is -3.34. The number of carbonyl (C=O) groups excluding carboxylic acids is 2. The predicted molar refractivity (Wildman–Crippen MR) is 97.8 cm³/mol. The zero-order chi connectivity index (χ0) is 17.2. The summed E-state index contributed by atoms with van der Waals surface area (Å²) in [4.78, 5) is 23.4. The minimum absolute atomic E-state index is 0.219. The molecule has 24 heavy (non-hydrogen) atoms. The summed E-state index contributed by atoms with van der Waals surface area (Å²) in [7, 11) is 0. The van der Waals surface area contributed by atoms with Gasteiger partial charge in [0.05, 0.1) is 0 Å². The van der Waals surface area contributed by atoms with E-state index in [1.54, 1.807) is 36.4 Å².